The Labute approximate surface area is 170 Å². The molecule has 0 nitrogen and oxygen atoms in total. The number of hydrogen-bond acceptors (Lipinski definition) is 1. The molecule has 1 heteroatoms. The summed E-state index contributed by atoms with van der Waals surface area (Å²) in [5.41, 5.74) is 3.09. The molecule has 0 spiro atoms. The van der Waals surface area contributed by atoms with Gasteiger partial charge in [-0.05, 0) is 84.9 Å². The number of benzene rings is 1. The standard InChI is InChI=1S/C26H36S/c1-3-5-19-7-9-20(10-8-19)21-11-13-22(14-12-21)23-15-16-24-17-25(6-4-2)27-26(24)18-23/h13,15-21H,3-12,14H2,1-2H3. The van der Waals surface area contributed by atoms with Gasteiger partial charge in [0.2, 0.25) is 0 Å². The zero-order valence-corrected chi connectivity index (χ0v) is 18.1. The number of aryl methyl sites for hydroxylation is 1. The number of thiophene rings is 1. The summed E-state index contributed by atoms with van der Waals surface area (Å²) < 4.78 is 1.48. The Morgan fingerprint density at radius 3 is 2.48 bits per heavy atom. The van der Waals surface area contributed by atoms with E-state index in [4.69, 9.17) is 0 Å². The predicted molar refractivity (Wildman–Crippen MR) is 121 cm³/mol. The number of hydrogen-bond donors (Lipinski definition) is 0. The maximum Gasteiger partial charge on any atom is 0.0351 e. The van der Waals surface area contributed by atoms with E-state index < -0.39 is 0 Å². The Balaban J connectivity index is 1.39. The van der Waals surface area contributed by atoms with Gasteiger partial charge < -0.3 is 0 Å². The zero-order valence-electron chi connectivity index (χ0n) is 17.3. The molecule has 1 heterocycles. The third-order valence-corrected chi connectivity index (χ3v) is 8.30. The van der Waals surface area contributed by atoms with E-state index in [2.05, 4.69) is 44.2 Å². The molecule has 2 aliphatic carbocycles. The molecular formula is C26H36S. The maximum absolute atomic E-state index is 2.59. The van der Waals surface area contributed by atoms with Gasteiger partial charge in [-0.15, -0.1) is 11.3 Å². The van der Waals surface area contributed by atoms with Gasteiger partial charge in [0.15, 0.2) is 0 Å². The van der Waals surface area contributed by atoms with E-state index in [0.29, 0.717) is 0 Å². The molecule has 1 saturated carbocycles. The highest BCUT2D eigenvalue weighted by Gasteiger charge is 2.28. The van der Waals surface area contributed by atoms with Crippen molar-refractivity contribution in [2.24, 2.45) is 17.8 Å². The molecule has 1 unspecified atom stereocenters. The Bertz CT molecular complexity index is 773. The Morgan fingerprint density at radius 1 is 0.926 bits per heavy atom. The molecule has 0 bridgehead atoms. The second-order valence-corrected chi connectivity index (χ2v) is 10.2. The first kappa shape index (κ1) is 19.2. The Morgan fingerprint density at radius 2 is 1.78 bits per heavy atom. The third-order valence-electron chi connectivity index (χ3n) is 7.14. The van der Waals surface area contributed by atoms with Crippen LogP contribution in [0.15, 0.2) is 30.3 Å². The normalized spacial score (nSPS) is 26.3. The number of rotatable bonds is 6. The number of allylic oxidation sites excluding steroid dienone is 2. The van der Waals surface area contributed by atoms with Crippen molar-refractivity contribution in [2.75, 3.05) is 0 Å². The molecule has 2 aromatic rings. The van der Waals surface area contributed by atoms with Crippen LogP contribution in [0.25, 0.3) is 15.7 Å². The van der Waals surface area contributed by atoms with Gasteiger partial charge in [0.1, 0.15) is 0 Å². The van der Waals surface area contributed by atoms with Gasteiger partial charge in [-0.2, -0.15) is 0 Å². The lowest BCUT2D eigenvalue weighted by molar-refractivity contribution is 0.189. The number of fused-ring (bicyclic) bond motifs is 1. The SMILES string of the molecule is CCCc1cc2ccc(C3=CCC(C4CCC(CCC)CC4)CC3)cc2s1. The molecule has 0 radical (unpaired) electrons. The van der Waals surface area contributed by atoms with Crippen LogP contribution >= 0.6 is 11.3 Å². The van der Waals surface area contributed by atoms with E-state index >= 15 is 0 Å². The quantitative estimate of drug-likeness (QED) is 0.470. The van der Waals surface area contributed by atoms with E-state index in [9.17, 15) is 0 Å². The molecule has 0 aliphatic heterocycles. The van der Waals surface area contributed by atoms with Crippen molar-refractivity contribution >= 4 is 27.0 Å². The molecular weight excluding hydrogens is 344 g/mol. The predicted octanol–water partition coefficient (Wildman–Crippen LogP) is 8.64. The smallest absolute Gasteiger partial charge is 0.0351 e. The van der Waals surface area contributed by atoms with Crippen LogP contribution < -0.4 is 0 Å². The third kappa shape index (κ3) is 4.50. The van der Waals surface area contributed by atoms with Crippen molar-refractivity contribution < 1.29 is 0 Å². The van der Waals surface area contributed by atoms with Crippen molar-refractivity contribution in [2.45, 2.75) is 84.5 Å². The summed E-state index contributed by atoms with van der Waals surface area (Å²) in [7, 11) is 0. The molecule has 4 rings (SSSR count). The minimum Gasteiger partial charge on any atom is -0.140 e. The van der Waals surface area contributed by atoms with Gasteiger partial charge >= 0.3 is 0 Å². The molecule has 1 atom stereocenters. The fourth-order valence-corrected chi connectivity index (χ4v) is 6.76. The lowest BCUT2D eigenvalue weighted by atomic mass is 9.70. The largest absolute Gasteiger partial charge is 0.140 e. The van der Waals surface area contributed by atoms with E-state index in [1.54, 1.807) is 10.5 Å². The van der Waals surface area contributed by atoms with Gasteiger partial charge in [-0.3, -0.25) is 0 Å². The summed E-state index contributed by atoms with van der Waals surface area (Å²) in [6.07, 6.45) is 17.9. The van der Waals surface area contributed by atoms with Crippen LogP contribution in [0.2, 0.25) is 0 Å². The van der Waals surface area contributed by atoms with Crippen LogP contribution in [0.3, 0.4) is 0 Å². The second-order valence-electron chi connectivity index (χ2n) is 9.05. The summed E-state index contributed by atoms with van der Waals surface area (Å²) in [5.74, 6) is 3.00. The first-order valence-corrected chi connectivity index (χ1v) is 12.3. The second kappa shape index (κ2) is 8.95. The van der Waals surface area contributed by atoms with Crippen LogP contribution in [-0.4, -0.2) is 0 Å². The Hall–Kier alpha value is -1.08. The minimum absolute atomic E-state index is 0.956. The van der Waals surface area contributed by atoms with Gasteiger partial charge in [-0.1, -0.05) is 64.2 Å². The topological polar surface area (TPSA) is 0 Å². The van der Waals surface area contributed by atoms with Crippen LogP contribution in [0, 0.1) is 17.8 Å². The van der Waals surface area contributed by atoms with Crippen molar-refractivity contribution in [3.63, 3.8) is 0 Å². The maximum atomic E-state index is 2.59. The summed E-state index contributed by atoms with van der Waals surface area (Å²) in [6.45, 7) is 4.62. The minimum atomic E-state index is 0.956. The van der Waals surface area contributed by atoms with Gasteiger partial charge in [0.05, 0.1) is 0 Å². The zero-order chi connectivity index (χ0) is 18.6. The van der Waals surface area contributed by atoms with Crippen LogP contribution in [0.5, 0.6) is 0 Å². The molecule has 1 aromatic heterocycles. The van der Waals surface area contributed by atoms with Crippen molar-refractivity contribution in [3.8, 4) is 0 Å². The summed E-state index contributed by atoms with van der Waals surface area (Å²) >= 11 is 2.00. The molecule has 27 heavy (non-hydrogen) atoms. The first-order valence-electron chi connectivity index (χ1n) is 11.5. The van der Waals surface area contributed by atoms with E-state index in [-0.39, 0.29) is 0 Å². The van der Waals surface area contributed by atoms with Crippen molar-refractivity contribution in [1.82, 2.24) is 0 Å². The fourth-order valence-electron chi connectivity index (χ4n) is 5.56. The first-order chi connectivity index (χ1) is 13.3. The molecule has 1 aromatic carbocycles. The Kier molecular flexibility index (Phi) is 6.38. The summed E-state index contributed by atoms with van der Waals surface area (Å²) in [4.78, 5) is 1.54. The highest BCUT2D eigenvalue weighted by Crippen LogP contribution is 2.42. The molecule has 0 amide bonds. The lowest BCUT2D eigenvalue weighted by Crippen LogP contribution is -2.23. The molecule has 0 N–H and O–H groups in total. The van der Waals surface area contributed by atoms with E-state index in [0.717, 1.165) is 17.8 Å². The van der Waals surface area contributed by atoms with Gasteiger partial charge in [-0.25, -0.2) is 0 Å². The monoisotopic (exact) mass is 380 g/mol. The highest BCUT2D eigenvalue weighted by molar-refractivity contribution is 7.19. The van der Waals surface area contributed by atoms with Crippen LogP contribution in [0.1, 0.15) is 88.5 Å². The molecule has 1 fully saturated rings. The average molecular weight is 381 g/mol. The average Bonchev–Trinajstić information content (AvgIpc) is 3.11. The fraction of sp³-hybridized carbons (Fsp3) is 0.615. The van der Waals surface area contributed by atoms with Crippen LogP contribution in [0.4, 0.5) is 0 Å². The summed E-state index contributed by atoms with van der Waals surface area (Å²) in [6, 6.07) is 9.57. The summed E-state index contributed by atoms with van der Waals surface area (Å²) in [5, 5.41) is 1.44. The van der Waals surface area contributed by atoms with Gasteiger partial charge in [0, 0.05) is 9.58 Å². The van der Waals surface area contributed by atoms with Gasteiger partial charge in [0.25, 0.3) is 0 Å². The lowest BCUT2D eigenvalue weighted by Gasteiger charge is -2.35. The molecule has 0 saturated heterocycles. The molecule has 146 valence electrons. The van der Waals surface area contributed by atoms with E-state index in [1.165, 1.54) is 86.3 Å². The van der Waals surface area contributed by atoms with Crippen molar-refractivity contribution in [1.29, 1.82) is 0 Å². The van der Waals surface area contributed by atoms with Crippen LogP contribution in [-0.2, 0) is 6.42 Å². The van der Waals surface area contributed by atoms with E-state index in [1.807, 2.05) is 11.3 Å². The highest BCUT2D eigenvalue weighted by atomic mass is 32.1. The van der Waals surface area contributed by atoms with Crippen molar-refractivity contribution in [3.05, 3.63) is 40.8 Å². The molecule has 2 aliphatic rings.